The van der Waals surface area contributed by atoms with Gasteiger partial charge in [-0.2, -0.15) is 0 Å². The average Bonchev–Trinajstić information content (AvgIpc) is 2.17. The first-order valence-corrected chi connectivity index (χ1v) is 4.48. The maximum atomic E-state index is 10.4. The molecule has 0 heterocycles. The zero-order valence-corrected chi connectivity index (χ0v) is 8.58. The number of hydrogen-bond acceptors (Lipinski definition) is 3. The summed E-state index contributed by atoms with van der Waals surface area (Å²) in [6.07, 6.45) is 1.16. The molecule has 0 saturated carbocycles. The summed E-state index contributed by atoms with van der Waals surface area (Å²) < 4.78 is 0. The summed E-state index contributed by atoms with van der Waals surface area (Å²) in [5.41, 5.74) is 5.33. The molecule has 6 heteroatoms. The second-order valence-electron chi connectivity index (χ2n) is 2.84. The molecule has 0 aliphatic heterocycles. The molecule has 0 radical (unpaired) electrons. The Balaban J connectivity index is 3.51. The zero-order chi connectivity index (χ0) is 11.0. The van der Waals surface area contributed by atoms with E-state index in [9.17, 15) is 4.79 Å². The highest BCUT2D eigenvalue weighted by Crippen LogP contribution is 1.92. The molecule has 0 rings (SSSR count). The van der Waals surface area contributed by atoms with Crippen molar-refractivity contribution in [3.8, 4) is 0 Å². The number of carboxylic acids is 1. The number of nitrogens with two attached hydrogens (primary N) is 1. The Morgan fingerprint density at radius 3 is 2.71 bits per heavy atom. The summed E-state index contributed by atoms with van der Waals surface area (Å²) in [5, 5.41) is 14.4. The lowest BCUT2D eigenvalue weighted by molar-refractivity contribution is -0.138. The Labute approximate surface area is 83.6 Å². The molecule has 0 bridgehead atoms. The Morgan fingerprint density at radius 1 is 1.64 bits per heavy atom. The number of aliphatic carboxylic acids is 1. The highest BCUT2D eigenvalue weighted by Gasteiger charge is 2.09. The molecule has 0 aliphatic rings. The molecule has 0 aromatic carbocycles. The van der Waals surface area contributed by atoms with Crippen molar-refractivity contribution in [2.75, 3.05) is 20.6 Å². The maximum absolute atomic E-state index is 10.4. The Bertz CT molecular complexity index is 206. The lowest BCUT2D eigenvalue weighted by Crippen LogP contribution is -2.36. The van der Waals surface area contributed by atoms with Crippen molar-refractivity contribution in [1.29, 1.82) is 0 Å². The topological polar surface area (TPSA) is 99.7 Å². The largest absolute Gasteiger partial charge is 0.480 e. The minimum atomic E-state index is -0.956. The van der Waals surface area contributed by atoms with E-state index in [4.69, 9.17) is 10.8 Å². The summed E-state index contributed by atoms with van der Waals surface area (Å²) in [7, 11) is 3.43. The van der Waals surface area contributed by atoms with Gasteiger partial charge in [-0.25, -0.2) is 0 Å². The molecule has 0 spiro atoms. The van der Waals surface area contributed by atoms with Gasteiger partial charge < -0.3 is 21.5 Å². The molecule has 82 valence electrons. The fraction of sp³-hybridized carbons (Fsp3) is 0.750. The van der Waals surface area contributed by atoms with Crippen molar-refractivity contribution in [3.05, 3.63) is 0 Å². The number of nitrogens with zero attached hydrogens (tertiary/aromatic N) is 1. The summed E-state index contributed by atoms with van der Waals surface area (Å²) in [6.45, 7) is 0.661. The third kappa shape index (κ3) is 5.36. The second-order valence-corrected chi connectivity index (χ2v) is 2.84. The van der Waals surface area contributed by atoms with Crippen LogP contribution in [0.25, 0.3) is 0 Å². The van der Waals surface area contributed by atoms with Gasteiger partial charge in [0.1, 0.15) is 6.04 Å². The third-order valence-corrected chi connectivity index (χ3v) is 1.76. The summed E-state index contributed by atoms with van der Waals surface area (Å²) >= 11 is 0. The maximum Gasteiger partial charge on any atom is 0.320 e. The monoisotopic (exact) mass is 207 g/mol. The first kappa shape index (κ1) is 12.7. The van der Waals surface area contributed by atoms with E-state index in [1.54, 1.807) is 14.1 Å². The quantitative estimate of drug-likeness (QED) is 0.200. The molecule has 1 atom stereocenters. The van der Waals surface area contributed by atoms with Gasteiger partial charge in [-0.1, -0.05) is 0 Å². The van der Waals surface area contributed by atoms with Gasteiger partial charge in [-0.15, -0.1) is 0 Å². The number of carbonyl (C=O) groups is 1. The van der Waals surface area contributed by atoms with Gasteiger partial charge in [0.15, 0.2) is 5.96 Å². The van der Waals surface area contributed by atoms with Gasteiger partial charge in [-0.3, -0.25) is 9.79 Å². The molecule has 5 N–H and O–H groups in total. The molecular weight excluding hydrogens is 189 g/mol. The van der Waals surface area contributed by atoms with Crippen LogP contribution in [0.1, 0.15) is 12.8 Å². The van der Waals surface area contributed by atoms with Crippen molar-refractivity contribution in [2.24, 2.45) is 10.7 Å². The van der Waals surface area contributed by atoms with E-state index in [2.05, 4.69) is 15.6 Å². The molecule has 6 nitrogen and oxygen atoms in total. The standard InChI is InChI=1S/C8H18N4O2/c1-10-8(11-2)12-5-3-4-6(9)7(13)14/h6H,3-5,9H2,1-2H3,(H,13,14)(H2,10,11,12)/i3+1,4+1,5+1,6+1,7+1. The minimum absolute atomic E-state index is 0.461. The second kappa shape index (κ2) is 7.14. The normalized spacial score (nSPS) is 13.5. The van der Waals surface area contributed by atoms with Crippen LogP contribution < -0.4 is 16.4 Å². The van der Waals surface area contributed by atoms with Crippen molar-refractivity contribution >= 4 is 11.9 Å². The van der Waals surface area contributed by atoms with Crippen LogP contribution in [0.3, 0.4) is 0 Å². The highest BCUT2D eigenvalue weighted by molar-refractivity contribution is 5.79. The lowest BCUT2D eigenvalue weighted by atomic mass is 10.9. The average molecular weight is 207 g/mol. The van der Waals surface area contributed by atoms with Crippen LogP contribution in [0.2, 0.25) is 0 Å². The summed E-state index contributed by atoms with van der Waals surface area (Å²) in [4.78, 5) is 14.3. The third-order valence-electron chi connectivity index (χ3n) is 1.76. The van der Waals surface area contributed by atoms with Gasteiger partial charge in [0, 0.05) is 20.6 Å². The molecule has 0 aliphatic carbocycles. The first-order valence-electron chi connectivity index (χ1n) is 4.48. The van der Waals surface area contributed by atoms with E-state index in [-0.39, 0.29) is 0 Å². The van der Waals surface area contributed by atoms with Crippen LogP contribution in [0.4, 0.5) is 0 Å². The fourth-order valence-corrected chi connectivity index (χ4v) is 0.931. The number of nitrogens with one attached hydrogen (secondary N) is 2. The van der Waals surface area contributed by atoms with Gasteiger partial charge in [0.2, 0.25) is 0 Å². The minimum Gasteiger partial charge on any atom is -0.480 e. The Morgan fingerprint density at radius 2 is 2.29 bits per heavy atom. The first-order chi connectivity index (χ1) is 6.61. The Hall–Kier alpha value is -1.30. The lowest BCUT2D eigenvalue weighted by Gasteiger charge is -2.09. The van der Waals surface area contributed by atoms with E-state index in [1.165, 1.54) is 0 Å². The molecule has 0 amide bonds. The van der Waals surface area contributed by atoms with Crippen LogP contribution in [-0.2, 0) is 4.79 Å². The molecule has 14 heavy (non-hydrogen) atoms. The van der Waals surface area contributed by atoms with Crippen LogP contribution in [0.15, 0.2) is 4.99 Å². The number of hydrogen-bond donors (Lipinski definition) is 4. The molecule has 0 fully saturated rings. The van der Waals surface area contributed by atoms with E-state index in [0.29, 0.717) is 25.3 Å². The van der Waals surface area contributed by atoms with Crippen molar-refractivity contribution in [1.82, 2.24) is 10.6 Å². The van der Waals surface area contributed by atoms with Crippen molar-refractivity contribution < 1.29 is 9.90 Å². The summed E-state index contributed by atoms with van der Waals surface area (Å²) in [5.74, 6) is -0.267. The number of aliphatic imine (C=N–C) groups is 1. The molecule has 0 aromatic rings. The van der Waals surface area contributed by atoms with Crippen molar-refractivity contribution in [3.63, 3.8) is 0 Å². The smallest absolute Gasteiger partial charge is 0.320 e. The van der Waals surface area contributed by atoms with Crippen LogP contribution in [0.5, 0.6) is 0 Å². The van der Waals surface area contributed by atoms with Crippen LogP contribution in [0, 0.1) is 0 Å². The molecular formula is C8H18N4O2. The number of rotatable bonds is 5. The Kier molecular flexibility index (Phi) is 6.47. The predicted molar refractivity (Wildman–Crippen MR) is 55.3 cm³/mol. The van der Waals surface area contributed by atoms with E-state index < -0.39 is 12.0 Å². The molecule has 0 aromatic heterocycles. The SMILES string of the molecule is CN=C(NC)N[13CH2][13CH2][13CH2][13CH](N)[13C](=O)O. The van der Waals surface area contributed by atoms with Gasteiger partial charge in [-0.05, 0) is 12.8 Å². The predicted octanol–water partition coefficient (Wildman–Crippen LogP) is -1.03. The number of guanidine groups is 1. The van der Waals surface area contributed by atoms with E-state index in [0.717, 1.165) is 0 Å². The van der Waals surface area contributed by atoms with Gasteiger partial charge in [0.25, 0.3) is 0 Å². The van der Waals surface area contributed by atoms with Gasteiger partial charge >= 0.3 is 5.97 Å². The van der Waals surface area contributed by atoms with Gasteiger partial charge in [0.05, 0.1) is 0 Å². The highest BCUT2D eigenvalue weighted by atomic mass is 16.5. The number of carboxylic acid groups (broad SMARTS) is 1. The van der Waals surface area contributed by atoms with Crippen LogP contribution >= 0.6 is 0 Å². The molecule has 0 saturated heterocycles. The van der Waals surface area contributed by atoms with Crippen LogP contribution in [-0.4, -0.2) is 43.7 Å². The van der Waals surface area contributed by atoms with E-state index >= 15 is 0 Å². The fourth-order valence-electron chi connectivity index (χ4n) is 0.931. The zero-order valence-electron chi connectivity index (χ0n) is 8.58. The van der Waals surface area contributed by atoms with E-state index in [1.807, 2.05) is 0 Å². The van der Waals surface area contributed by atoms with Crippen molar-refractivity contribution in [2.45, 2.75) is 18.9 Å². The summed E-state index contributed by atoms with van der Waals surface area (Å²) in [6, 6.07) is -0.770. The molecule has 1 unspecified atom stereocenters.